The van der Waals surface area contributed by atoms with Crippen molar-refractivity contribution in [3.63, 3.8) is 0 Å². The molecule has 17 heavy (non-hydrogen) atoms. The lowest BCUT2D eigenvalue weighted by atomic mass is 10.4. The zero-order valence-corrected chi connectivity index (χ0v) is 11.4. The summed E-state index contributed by atoms with van der Waals surface area (Å²) in [4.78, 5) is 10.3. The third-order valence-corrected chi connectivity index (χ3v) is 4.35. The highest BCUT2D eigenvalue weighted by molar-refractivity contribution is 7.99. The summed E-state index contributed by atoms with van der Waals surface area (Å²) in [5.41, 5.74) is 0. The first-order chi connectivity index (χ1) is 7.90. The van der Waals surface area contributed by atoms with Crippen molar-refractivity contribution in [3.05, 3.63) is 12.7 Å². The minimum absolute atomic E-state index is 0.0372. The Labute approximate surface area is 106 Å². The Bertz CT molecular complexity index is 343. The van der Waals surface area contributed by atoms with Gasteiger partial charge in [0, 0.05) is 31.6 Å². The van der Waals surface area contributed by atoms with E-state index >= 15 is 0 Å². The first-order valence-corrected chi connectivity index (χ1v) is 7.61. The van der Waals surface area contributed by atoms with Gasteiger partial charge in [0.25, 0.3) is 10.2 Å². The molecule has 0 saturated heterocycles. The summed E-state index contributed by atoms with van der Waals surface area (Å²) < 4.78 is 26.5. The van der Waals surface area contributed by atoms with Crippen molar-refractivity contribution in [1.29, 1.82) is 0 Å². The highest BCUT2D eigenvalue weighted by atomic mass is 32.2. The molecule has 0 atom stereocenters. The molecule has 0 unspecified atom stereocenters. The van der Waals surface area contributed by atoms with Crippen LogP contribution in [0.15, 0.2) is 12.7 Å². The topological polar surface area (TPSA) is 86.7 Å². The molecule has 0 aliphatic rings. The zero-order valence-electron chi connectivity index (χ0n) is 9.76. The van der Waals surface area contributed by atoms with Crippen LogP contribution < -0.4 is 4.72 Å². The van der Waals surface area contributed by atoms with Gasteiger partial charge in [-0.3, -0.25) is 4.79 Å². The van der Waals surface area contributed by atoms with E-state index in [1.54, 1.807) is 17.8 Å². The van der Waals surface area contributed by atoms with E-state index in [4.69, 9.17) is 5.11 Å². The zero-order chi connectivity index (χ0) is 13.3. The molecule has 0 aliphatic heterocycles. The summed E-state index contributed by atoms with van der Waals surface area (Å²) in [6.45, 7) is 3.83. The fraction of sp³-hybridized carbons (Fsp3) is 0.667. The number of aliphatic carboxylic acids is 1. The number of carbonyl (C=O) groups is 1. The second-order valence-corrected chi connectivity index (χ2v) is 6.24. The van der Waals surface area contributed by atoms with Gasteiger partial charge in [-0.15, -0.1) is 6.58 Å². The number of rotatable bonds is 10. The van der Waals surface area contributed by atoms with Crippen LogP contribution in [-0.4, -0.2) is 55.4 Å². The first kappa shape index (κ1) is 16.4. The van der Waals surface area contributed by atoms with Crippen molar-refractivity contribution < 1.29 is 18.3 Å². The SMILES string of the molecule is C=CCSCCNS(=O)(=O)N(C)CCC(=O)O. The number of hydrogen-bond acceptors (Lipinski definition) is 4. The molecule has 0 fully saturated rings. The fourth-order valence-electron chi connectivity index (χ4n) is 0.893. The normalized spacial score (nSPS) is 11.6. The molecule has 8 heteroatoms. The van der Waals surface area contributed by atoms with Gasteiger partial charge in [0.1, 0.15) is 0 Å². The highest BCUT2D eigenvalue weighted by Crippen LogP contribution is 2.00. The predicted molar refractivity (Wildman–Crippen MR) is 69.3 cm³/mol. The highest BCUT2D eigenvalue weighted by Gasteiger charge is 2.17. The van der Waals surface area contributed by atoms with E-state index in [0.29, 0.717) is 12.3 Å². The fourth-order valence-corrected chi connectivity index (χ4v) is 2.51. The minimum Gasteiger partial charge on any atom is -0.481 e. The van der Waals surface area contributed by atoms with E-state index in [2.05, 4.69) is 11.3 Å². The lowest BCUT2D eigenvalue weighted by Gasteiger charge is -2.16. The maximum atomic E-state index is 11.6. The monoisotopic (exact) mass is 282 g/mol. The molecule has 0 aromatic carbocycles. The molecule has 0 bridgehead atoms. The molecule has 0 saturated carbocycles. The summed E-state index contributed by atoms with van der Waals surface area (Å²) in [5.74, 6) is 0.405. The van der Waals surface area contributed by atoms with Crippen LogP contribution in [0.25, 0.3) is 0 Å². The summed E-state index contributed by atoms with van der Waals surface area (Å²) >= 11 is 1.57. The van der Waals surface area contributed by atoms with Crippen LogP contribution in [0.1, 0.15) is 6.42 Å². The van der Waals surface area contributed by atoms with Gasteiger partial charge < -0.3 is 5.11 Å². The van der Waals surface area contributed by atoms with Crippen LogP contribution in [0.3, 0.4) is 0 Å². The number of carboxylic acid groups (broad SMARTS) is 1. The molecule has 0 radical (unpaired) electrons. The van der Waals surface area contributed by atoms with Crippen LogP contribution in [0.4, 0.5) is 0 Å². The van der Waals surface area contributed by atoms with Gasteiger partial charge in [0.15, 0.2) is 0 Å². The van der Waals surface area contributed by atoms with Gasteiger partial charge in [-0.25, -0.2) is 4.72 Å². The standard InChI is InChI=1S/C9H18N2O4S2/c1-3-7-16-8-5-10-17(14,15)11(2)6-4-9(12)13/h3,10H,1,4-8H2,2H3,(H,12,13). The minimum atomic E-state index is -3.56. The van der Waals surface area contributed by atoms with Crippen molar-refractivity contribution >= 4 is 27.9 Å². The maximum Gasteiger partial charge on any atom is 0.304 e. The predicted octanol–water partition coefficient (Wildman–Crippen LogP) is 0.147. The van der Waals surface area contributed by atoms with E-state index in [1.807, 2.05) is 0 Å². The summed E-state index contributed by atoms with van der Waals surface area (Å²) in [6.07, 6.45) is 1.54. The van der Waals surface area contributed by atoms with Crippen molar-refractivity contribution in [1.82, 2.24) is 9.03 Å². The van der Waals surface area contributed by atoms with E-state index in [-0.39, 0.29) is 13.0 Å². The number of thioether (sulfide) groups is 1. The molecule has 6 nitrogen and oxygen atoms in total. The van der Waals surface area contributed by atoms with Crippen molar-refractivity contribution in [3.8, 4) is 0 Å². The third-order valence-electron chi connectivity index (χ3n) is 1.82. The molecule has 100 valence electrons. The molecular weight excluding hydrogens is 264 g/mol. The maximum absolute atomic E-state index is 11.6. The molecule has 2 N–H and O–H groups in total. The summed E-state index contributed by atoms with van der Waals surface area (Å²) in [7, 11) is -2.21. The summed E-state index contributed by atoms with van der Waals surface area (Å²) in [5, 5.41) is 8.45. The molecule has 0 amide bonds. The Morgan fingerprint density at radius 3 is 2.76 bits per heavy atom. The van der Waals surface area contributed by atoms with Crippen molar-refractivity contribution in [2.75, 3.05) is 31.6 Å². The van der Waals surface area contributed by atoms with Crippen LogP contribution in [-0.2, 0) is 15.0 Å². The molecule has 0 heterocycles. The van der Waals surface area contributed by atoms with E-state index in [1.165, 1.54) is 7.05 Å². The number of hydrogen-bond donors (Lipinski definition) is 2. The van der Waals surface area contributed by atoms with Gasteiger partial charge in [-0.2, -0.15) is 24.5 Å². The van der Waals surface area contributed by atoms with Crippen molar-refractivity contribution in [2.45, 2.75) is 6.42 Å². The summed E-state index contributed by atoms with van der Waals surface area (Å²) in [6, 6.07) is 0. The smallest absolute Gasteiger partial charge is 0.304 e. The molecule has 0 rings (SSSR count). The number of nitrogens with zero attached hydrogens (tertiary/aromatic N) is 1. The average Bonchev–Trinajstić information content (AvgIpc) is 2.25. The quantitative estimate of drug-likeness (QED) is 0.440. The molecule has 0 aromatic heterocycles. The van der Waals surface area contributed by atoms with Crippen molar-refractivity contribution in [2.24, 2.45) is 0 Å². The van der Waals surface area contributed by atoms with Gasteiger partial charge in [0.05, 0.1) is 6.42 Å². The molecule has 0 aromatic rings. The lowest BCUT2D eigenvalue weighted by Crippen LogP contribution is -2.40. The number of nitrogens with one attached hydrogen (secondary N) is 1. The van der Waals surface area contributed by atoms with Crippen LogP contribution in [0.2, 0.25) is 0 Å². The van der Waals surface area contributed by atoms with Gasteiger partial charge >= 0.3 is 5.97 Å². The average molecular weight is 282 g/mol. The molecular formula is C9H18N2O4S2. The van der Waals surface area contributed by atoms with E-state index in [9.17, 15) is 13.2 Å². The number of carboxylic acids is 1. The van der Waals surface area contributed by atoms with Gasteiger partial charge in [-0.05, 0) is 0 Å². The van der Waals surface area contributed by atoms with E-state index < -0.39 is 16.2 Å². The molecule has 0 aliphatic carbocycles. The Hall–Kier alpha value is -0.570. The Kier molecular flexibility index (Phi) is 8.23. The van der Waals surface area contributed by atoms with Crippen LogP contribution >= 0.6 is 11.8 Å². The van der Waals surface area contributed by atoms with Crippen LogP contribution in [0, 0.1) is 0 Å². The Balaban J connectivity index is 3.92. The Morgan fingerprint density at radius 1 is 1.59 bits per heavy atom. The van der Waals surface area contributed by atoms with E-state index in [0.717, 1.165) is 10.1 Å². The van der Waals surface area contributed by atoms with Gasteiger partial charge in [0.2, 0.25) is 0 Å². The second kappa shape index (κ2) is 8.51. The van der Waals surface area contributed by atoms with Crippen LogP contribution in [0.5, 0.6) is 0 Å². The van der Waals surface area contributed by atoms with Gasteiger partial charge in [-0.1, -0.05) is 6.08 Å². The molecule has 0 spiro atoms. The lowest BCUT2D eigenvalue weighted by molar-refractivity contribution is -0.137. The second-order valence-electron chi connectivity index (χ2n) is 3.23. The third kappa shape index (κ3) is 8.19. The largest absolute Gasteiger partial charge is 0.481 e. The first-order valence-electron chi connectivity index (χ1n) is 5.01. The Morgan fingerprint density at radius 2 is 2.24 bits per heavy atom.